The Morgan fingerprint density at radius 3 is 2.42 bits per heavy atom. The van der Waals surface area contributed by atoms with E-state index >= 15 is 0 Å². The van der Waals surface area contributed by atoms with Gasteiger partial charge in [-0.2, -0.15) is 4.31 Å². The molecule has 0 aromatic heterocycles. The van der Waals surface area contributed by atoms with Crippen LogP contribution in [0.3, 0.4) is 0 Å². The van der Waals surface area contributed by atoms with Crippen molar-refractivity contribution in [1.29, 1.82) is 0 Å². The molecule has 1 N–H and O–H groups in total. The quantitative estimate of drug-likeness (QED) is 0.798. The van der Waals surface area contributed by atoms with Crippen molar-refractivity contribution in [2.45, 2.75) is 24.7 Å². The topological polar surface area (TPSA) is 95.0 Å². The minimum Gasteiger partial charge on any atom is -0.481 e. The van der Waals surface area contributed by atoms with E-state index in [2.05, 4.69) is 0 Å². The van der Waals surface area contributed by atoms with Crippen LogP contribution in [0.1, 0.15) is 19.8 Å². The Morgan fingerprint density at radius 2 is 1.88 bits per heavy atom. The van der Waals surface area contributed by atoms with Crippen molar-refractivity contribution in [3.05, 3.63) is 30.1 Å². The Hall–Kier alpha value is -2.00. The van der Waals surface area contributed by atoms with Gasteiger partial charge in [0.15, 0.2) is 0 Å². The normalized spacial score (nSPS) is 17.7. The molecule has 1 fully saturated rings. The maximum absolute atomic E-state index is 13.8. The van der Waals surface area contributed by atoms with Crippen LogP contribution in [-0.4, -0.2) is 61.3 Å². The van der Waals surface area contributed by atoms with Crippen LogP contribution < -0.4 is 0 Å². The second-order valence-corrected chi connectivity index (χ2v) is 8.47. The third-order valence-electron chi connectivity index (χ3n) is 4.60. The number of aliphatic carboxylic acids is 1. The van der Waals surface area contributed by atoms with Crippen molar-refractivity contribution in [1.82, 2.24) is 9.21 Å². The van der Waals surface area contributed by atoms with Crippen molar-refractivity contribution in [2.24, 2.45) is 11.8 Å². The fraction of sp³-hybridized carbons (Fsp3) is 0.529. The van der Waals surface area contributed by atoms with Crippen LogP contribution in [0.2, 0.25) is 0 Å². The summed E-state index contributed by atoms with van der Waals surface area (Å²) in [6.07, 6.45) is 0.636. The molecule has 26 heavy (non-hydrogen) atoms. The van der Waals surface area contributed by atoms with Gasteiger partial charge >= 0.3 is 5.97 Å². The minimum atomic E-state index is -3.94. The van der Waals surface area contributed by atoms with E-state index in [0.29, 0.717) is 12.8 Å². The first-order chi connectivity index (χ1) is 12.1. The lowest BCUT2D eigenvalue weighted by Crippen LogP contribution is -2.44. The van der Waals surface area contributed by atoms with E-state index in [-0.39, 0.29) is 36.4 Å². The molecule has 0 saturated carbocycles. The lowest BCUT2D eigenvalue weighted by molar-refractivity contribution is -0.143. The summed E-state index contributed by atoms with van der Waals surface area (Å²) in [7, 11) is -2.39. The van der Waals surface area contributed by atoms with Crippen LogP contribution in [0.4, 0.5) is 4.39 Å². The molecule has 1 unspecified atom stereocenters. The highest BCUT2D eigenvalue weighted by molar-refractivity contribution is 7.89. The number of halogens is 1. The second kappa shape index (κ2) is 8.13. The highest BCUT2D eigenvalue weighted by atomic mass is 32.2. The third kappa shape index (κ3) is 4.39. The molecular weight excluding hydrogens is 363 g/mol. The molecule has 1 aliphatic rings. The van der Waals surface area contributed by atoms with Crippen LogP contribution in [0.25, 0.3) is 0 Å². The summed E-state index contributed by atoms with van der Waals surface area (Å²) >= 11 is 0. The molecule has 0 spiro atoms. The van der Waals surface area contributed by atoms with Gasteiger partial charge in [0.2, 0.25) is 15.9 Å². The lowest BCUT2D eigenvalue weighted by atomic mass is 9.96. The zero-order chi connectivity index (χ0) is 19.5. The Labute approximate surface area is 152 Å². The van der Waals surface area contributed by atoms with Gasteiger partial charge in [-0.15, -0.1) is 0 Å². The number of benzene rings is 1. The maximum Gasteiger partial charge on any atom is 0.308 e. The van der Waals surface area contributed by atoms with Crippen LogP contribution in [0.15, 0.2) is 29.2 Å². The Bertz CT molecular complexity index is 775. The van der Waals surface area contributed by atoms with E-state index < -0.39 is 27.7 Å². The van der Waals surface area contributed by atoms with Gasteiger partial charge in [0.05, 0.1) is 5.92 Å². The molecular formula is C17H23FN2O5S. The van der Waals surface area contributed by atoms with Crippen molar-refractivity contribution in [2.75, 3.05) is 26.7 Å². The van der Waals surface area contributed by atoms with Crippen LogP contribution in [0, 0.1) is 17.7 Å². The second-order valence-electron chi connectivity index (χ2n) is 6.57. The molecule has 7 nitrogen and oxygen atoms in total. The summed E-state index contributed by atoms with van der Waals surface area (Å²) in [4.78, 5) is 24.4. The van der Waals surface area contributed by atoms with Crippen LogP contribution in [0.5, 0.6) is 0 Å². The summed E-state index contributed by atoms with van der Waals surface area (Å²) < 4.78 is 40.1. The number of carbonyl (C=O) groups excluding carboxylic acids is 1. The number of rotatable bonds is 6. The van der Waals surface area contributed by atoms with Crippen molar-refractivity contribution in [3.8, 4) is 0 Å². The van der Waals surface area contributed by atoms with Crippen molar-refractivity contribution >= 4 is 21.9 Å². The number of hydrogen-bond donors (Lipinski definition) is 1. The molecule has 1 aliphatic heterocycles. The van der Waals surface area contributed by atoms with Gasteiger partial charge in [-0.05, 0) is 25.0 Å². The van der Waals surface area contributed by atoms with Crippen LogP contribution >= 0.6 is 0 Å². The van der Waals surface area contributed by atoms with E-state index in [1.807, 2.05) is 0 Å². The van der Waals surface area contributed by atoms with E-state index in [4.69, 9.17) is 5.11 Å². The molecule has 9 heteroatoms. The summed E-state index contributed by atoms with van der Waals surface area (Å²) in [5, 5.41) is 8.94. The summed E-state index contributed by atoms with van der Waals surface area (Å²) in [5.41, 5.74) is 0. The fourth-order valence-corrected chi connectivity index (χ4v) is 4.56. The van der Waals surface area contributed by atoms with E-state index in [0.717, 1.165) is 6.07 Å². The highest BCUT2D eigenvalue weighted by Crippen LogP contribution is 2.26. The minimum absolute atomic E-state index is 0.0991. The van der Waals surface area contributed by atoms with E-state index in [1.165, 1.54) is 34.3 Å². The highest BCUT2D eigenvalue weighted by Gasteiger charge is 2.34. The number of carbonyl (C=O) groups is 2. The number of piperidine rings is 1. The molecule has 1 amide bonds. The number of carboxylic acids is 1. The molecule has 1 saturated heterocycles. The number of carboxylic acid groups (broad SMARTS) is 1. The smallest absolute Gasteiger partial charge is 0.308 e. The first-order valence-electron chi connectivity index (χ1n) is 8.37. The van der Waals surface area contributed by atoms with E-state index in [9.17, 15) is 22.4 Å². The van der Waals surface area contributed by atoms with Gasteiger partial charge in [0, 0.05) is 32.6 Å². The summed E-state index contributed by atoms with van der Waals surface area (Å²) in [6.45, 7) is 1.86. The largest absolute Gasteiger partial charge is 0.481 e. The predicted octanol–water partition coefficient (Wildman–Crippen LogP) is 1.41. The monoisotopic (exact) mass is 386 g/mol. The molecule has 1 aromatic rings. The Kier molecular flexibility index (Phi) is 6.35. The number of hydrogen-bond acceptors (Lipinski definition) is 4. The molecule has 0 radical (unpaired) electrons. The zero-order valence-electron chi connectivity index (χ0n) is 14.8. The fourth-order valence-electron chi connectivity index (χ4n) is 3.03. The average molecular weight is 386 g/mol. The zero-order valence-corrected chi connectivity index (χ0v) is 15.6. The number of nitrogens with zero attached hydrogens (tertiary/aromatic N) is 2. The average Bonchev–Trinajstić information content (AvgIpc) is 2.61. The van der Waals surface area contributed by atoms with Crippen molar-refractivity contribution in [3.63, 3.8) is 0 Å². The molecule has 1 heterocycles. The molecule has 0 aliphatic carbocycles. The predicted molar refractivity (Wildman–Crippen MR) is 92.3 cm³/mol. The SMILES string of the molecule is CC(CN(C)C(=O)C1CCN(S(=O)(=O)c2ccccc2F)CC1)C(=O)O. The molecule has 1 aromatic carbocycles. The van der Waals surface area contributed by atoms with Gasteiger partial charge in [-0.3, -0.25) is 9.59 Å². The lowest BCUT2D eigenvalue weighted by Gasteiger charge is -2.33. The number of amides is 1. The first-order valence-corrected chi connectivity index (χ1v) is 9.81. The standard InChI is InChI=1S/C17H23FN2O5S/c1-12(17(22)23)11-19(2)16(21)13-7-9-20(10-8-13)26(24,25)15-6-4-3-5-14(15)18/h3-6,12-13H,7-11H2,1-2H3,(H,22,23). The van der Waals surface area contributed by atoms with E-state index in [1.54, 1.807) is 7.05 Å². The van der Waals surface area contributed by atoms with Crippen LogP contribution in [-0.2, 0) is 19.6 Å². The maximum atomic E-state index is 13.8. The van der Waals surface area contributed by atoms with Gasteiger partial charge < -0.3 is 10.0 Å². The van der Waals surface area contributed by atoms with Gasteiger partial charge in [0.25, 0.3) is 0 Å². The molecule has 144 valence electrons. The molecule has 0 bridgehead atoms. The summed E-state index contributed by atoms with van der Waals surface area (Å²) in [6, 6.07) is 5.21. The molecule has 1 atom stereocenters. The van der Waals surface area contributed by atoms with Crippen molar-refractivity contribution < 1.29 is 27.5 Å². The third-order valence-corrected chi connectivity index (χ3v) is 6.54. The number of sulfonamides is 1. The first kappa shape index (κ1) is 20.3. The molecule has 2 rings (SSSR count). The Morgan fingerprint density at radius 1 is 1.31 bits per heavy atom. The van der Waals surface area contributed by atoms with Gasteiger partial charge in [-0.25, -0.2) is 12.8 Å². The van der Waals surface area contributed by atoms with Gasteiger partial charge in [0.1, 0.15) is 10.7 Å². The van der Waals surface area contributed by atoms with Gasteiger partial charge in [-0.1, -0.05) is 19.1 Å². The Balaban J connectivity index is 1.99. The summed E-state index contributed by atoms with van der Waals surface area (Å²) in [5.74, 6) is -3.01.